The first-order chi connectivity index (χ1) is 20.9. The lowest BCUT2D eigenvalue weighted by molar-refractivity contribution is -0.208. The second-order valence-electron chi connectivity index (χ2n) is 12.4. The van der Waals surface area contributed by atoms with Crippen LogP contribution in [0, 0.1) is 0 Å². The summed E-state index contributed by atoms with van der Waals surface area (Å²) in [6.07, 6.45) is 5.32. The van der Waals surface area contributed by atoms with Crippen LogP contribution in [-0.4, -0.2) is 63.4 Å². The van der Waals surface area contributed by atoms with E-state index in [-0.39, 0.29) is 19.3 Å². The van der Waals surface area contributed by atoms with Crippen molar-refractivity contribution < 1.29 is 37.4 Å². The molecule has 238 valence electrons. The minimum absolute atomic E-state index is 0.0956. The number of hydrogen-bond donors (Lipinski definition) is 2. The molecule has 5 atom stereocenters. The number of aromatic nitrogens is 3. The minimum atomic E-state index is -4.17. The highest BCUT2D eigenvalue weighted by molar-refractivity contribution is 7.52. The Morgan fingerprint density at radius 2 is 1.91 bits per heavy atom. The number of hydrogen-bond acceptors (Lipinski definition) is 11. The summed E-state index contributed by atoms with van der Waals surface area (Å²) in [5.74, 6) is -0.876. The van der Waals surface area contributed by atoms with E-state index in [2.05, 4.69) is 15.2 Å². The average molecular weight is 630 g/mol. The first-order valence-corrected chi connectivity index (χ1v) is 16.5. The van der Waals surface area contributed by atoms with E-state index < -0.39 is 42.9 Å². The maximum Gasteiger partial charge on any atom is 0.459 e. The van der Waals surface area contributed by atoms with Crippen molar-refractivity contribution in [2.75, 3.05) is 18.9 Å². The molecular weight excluding hydrogens is 589 g/mol. The van der Waals surface area contributed by atoms with Crippen molar-refractivity contribution in [3.05, 3.63) is 54.5 Å². The van der Waals surface area contributed by atoms with Gasteiger partial charge >= 0.3 is 13.7 Å². The van der Waals surface area contributed by atoms with E-state index in [0.29, 0.717) is 22.8 Å². The van der Waals surface area contributed by atoms with Crippen LogP contribution in [0.1, 0.15) is 65.5 Å². The van der Waals surface area contributed by atoms with Crippen LogP contribution in [0.4, 0.5) is 5.82 Å². The SMILES string of the molecule is C[C@H](N[P@](=O)(OC[C@@]1(C)OC[C@@]2(c3ccc4c(N)ncnn34)OC(C)(C)O[C@H]12)Oc1ccccc1)C(=O)OC1CCCCC1. The summed E-state index contributed by atoms with van der Waals surface area (Å²) in [5, 5.41) is 7.19. The Bertz CT molecular complexity index is 1550. The molecule has 44 heavy (non-hydrogen) atoms. The van der Waals surface area contributed by atoms with Gasteiger partial charge in [-0.15, -0.1) is 0 Å². The maximum atomic E-state index is 14.3. The molecule has 0 unspecified atom stereocenters. The molecule has 1 saturated carbocycles. The number of carbonyl (C=O) groups is 1. The summed E-state index contributed by atoms with van der Waals surface area (Å²) in [7, 11) is -4.17. The lowest BCUT2D eigenvalue weighted by Gasteiger charge is -2.33. The zero-order valence-electron chi connectivity index (χ0n) is 25.4. The van der Waals surface area contributed by atoms with Gasteiger partial charge in [0.05, 0.1) is 18.9 Å². The van der Waals surface area contributed by atoms with Crippen molar-refractivity contribution in [2.45, 2.75) is 95.0 Å². The molecular formula is C30H40N5O8P. The van der Waals surface area contributed by atoms with E-state index in [1.807, 2.05) is 32.0 Å². The van der Waals surface area contributed by atoms with Crippen molar-refractivity contribution in [3.8, 4) is 5.75 Å². The van der Waals surface area contributed by atoms with E-state index in [1.165, 1.54) is 6.33 Å². The topological polar surface area (TPSA) is 158 Å². The normalized spacial score (nSPS) is 28.8. The van der Waals surface area contributed by atoms with Gasteiger partial charge in [0.1, 0.15) is 41.4 Å². The Labute approximate surface area is 256 Å². The lowest BCUT2D eigenvalue weighted by atomic mass is 9.86. The third-order valence-electron chi connectivity index (χ3n) is 8.37. The fourth-order valence-electron chi connectivity index (χ4n) is 6.28. The number of benzene rings is 1. The Kier molecular flexibility index (Phi) is 8.23. The Morgan fingerprint density at radius 1 is 1.16 bits per heavy atom. The smallest absolute Gasteiger partial charge is 0.459 e. The van der Waals surface area contributed by atoms with Crippen LogP contribution in [0.2, 0.25) is 0 Å². The molecule has 6 rings (SSSR count). The van der Waals surface area contributed by atoms with E-state index in [0.717, 1.165) is 32.1 Å². The summed E-state index contributed by atoms with van der Waals surface area (Å²) in [5.41, 5.74) is 5.14. The summed E-state index contributed by atoms with van der Waals surface area (Å²) >= 11 is 0. The Balaban J connectivity index is 1.25. The number of ether oxygens (including phenoxy) is 4. The number of nitrogens with zero attached hydrogens (tertiary/aromatic N) is 3. The number of nitrogens with one attached hydrogen (secondary N) is 1. The van der Waals surface area contributed by atoms with Crippen LogP contribution < -0.4 is 15.3 Å². The van der Waals surface area contributed by atoms with Crippen LogP contribution in [0.3, 0.4) is 0 Å². The molecule has 13 nitrogen and oxygen atoms in total. The molecule has 1 aliphatic carbocycles. The van der Waals surface area contributed by atoms with E-state index in [4.69, 9.17) is 33.7 Å². The highest BCUT2D eigenvalue weighted by Crippen LogP contribution is 2.55. The number of fused-ring (bicyclic) bond motifs is 2. The van der Waals surface area contributed by atoms with E-state index >= 15 is 0 Å². The van der Waals surface area contributed by atoms with Gasteiger partial charge in [0.25, 0.3) is 0 Å². The van der Waals surface area contributed by atoms with Gasteiger partial charge in [0, 0.05) is 0 Å². The molecule has 3 aliphatic rings. The lowest BCUT2D eigenvalue weighted by Crippen LogP contribution is -2.48. The molecule has 3 fully saturated rings. The van der Waals surface area contributed by atoms with Crippen molar-refractivity contribution in [1.82, 2.24) is 19.7 Å². The molecule has 3 N–H and O–H groups in total. The summed E-state index contributed by atoms with van der Waals surface area (Å²) in [6.45, 7) is 6.89. The van der Waals surface area contributed by atoms with Crippen LogP contribution in [0.25, 0.3) is 5.52 Å². The van der Waals surface area contributed by atoms with Gasteiger partial charge in [-0.1, -0.05) is 24.6 Å². The van der Waals surface area contributed by atoms with Crippen molar-refractivity contribution in [2.24, 2.45) is 0 Å². The molecule has 2 aliphatic heterocycles. The second kappa shape index (κ2) is 11.7. The van der Waals surface area contributed by atoms with Crippen LogP contribution >= 0.6 is 7.75 Å². The molecule has 0 radical (unpaired) electrons. The quantitative estimate of drug-likeness (QED) is 0.239. The third kappa shape index (κ3) is 5.96. The molecule has 0 spiro atoms. The fraction of sp³-hybridized carbons (Fsp3) is 0.567. The predicted octanol–water partition coefficient (Wildman–Crippen LogP) is 4.50. The number of carbonyl (C=O) groups excluding carboxylic acids is 1. The summed E-state index contributed by atoms with van der Waals surface area (Å²) in [4.78, 5) is 17.1. The Morgan fingerprint density at radius 3 is 2.66 bits per heavy atom. The summed E-state index contributed by atoms with van der Waals surface area (Å²) in [6, 6.07) is 11.3. The van der Waals surface area contributed by atoms with Gasteiger partial charge in [-0.25, -0.2) is 14.1 Å². The number of nitrogens with two attached hydrogens (primary N) is 1. The average Bonchev–Trinajstić information content (AvgIpc) is 3.63. The van der Waals surface area contributed by atoms with E-state index in [9.17, 15) is 9.36 Å². The number of para-hydroxylation sites is 1. The fourth-order valence-corrected chi connectivity index (χ4v) is 7.86. The minimum Gasteiger partial charge on any atom is -0.461 e. The Hall–Kier alpha value is -3.06. The number of esters is 1. The standard InChI is InChI=1S/C30H40N5O8P/c1-20(26(36)40-21-11-7-5-8-12-21)34-44(37,42-22-13-9-6-10-14-22)39-17-29(4)27-30(18-38-29,43-28(2,3)41-27)24-16-15-23-25(31)32-19-33-35(23)24/h6,9-10,13-16,19-21,27H,5,7-8,11-12,17-18H2,1-4H3,(H,34,37)(H2,31,32,33)/t20-,27+,29+,30-,44-/m0/s1. The van der Waals surface area contributed by atoms with Gasteiger partial charge in [-0.2, -0.15) is 10.2 Å². The first-order valence-electron chi connectivity index (χ1n) is 15.0. The highest BCUT2D eigenvalue weighted by atomic mass is 31.2. The number of anilines is 1. The van der Waals surface area contributed by atoms with Crippen LogP contribution in [0.5, 0.6) is 5.75 Å². The second-order valence-corrected chi connectivity index (χ2v) is 14.1. The molecule has 3 aromatic rings. The molecule has 14 heteroatoms. The van der Waals surface area contributed by atoms with Gasteiger partial charge < -0.3 is 29.2 Å². The molecule has 4 heterocycles. The molecule has 1 aromatic carbocycles. The molecule has 0 amide bonds. The van der Waals surface area contributed by atoms with Crippen LogP contribution in [0.15, 0.2) is 48.8 Å². The molecule has 2 aromatic heterocycles. The monoisotopic (exact) mass is 629 g/mol. The van der Waals surface area contributed by atoms with Gasteiger partial charge in [-0.05, 0) is 77.6 Å². The predicted molar refractivity (Wildman–Crippen MR) is 160 cm³/mol. The number of nitrogen functional groups attached to an aromatic ring is 1. The number of rotatable bonds is 10. The zero-order valence-corrected chi connectivity index (χ0v) is 26.3. The highest BCUT2D eigenvalue weighted by Gasteiger charge is 2.68. The van der Waals surface area contributed by atoms with Gasteiger partial charge in [0.2, 0.25) is 0 Å². The van der Waals surface area contributed by atoms with E-state index in [1.54, 1.807) is 42.6 Å². The van der Waals surface area contributed by atoms with Crippen molar-refractivity contribution in [3.63, 3.8) is 0 Å². The van der Waals surface area contributed by atoms with Crippen LogP contribution in [-0.2, 0) is 38.4 Å². The van der Waals surface area contributed by atoms with Gasteiger partial charge in [0.15, 0.2) is 17.2 Å². The largest absolute Gasteiger partial charge is 0.461 e. The third-order valence-corrected chi connectivity index (χ3v) is 9.99. The maximum absolute atomic E-state index is 14.3. The van der Waals surface area contributed by atoms with Gasteiger partial charge in [-0.3, -0.25) is 9.32 Å². The first kappa shape index (κ1) is 30.9. The molecule has 2 saturated heterocycles. The zero-order chi connectivity index (χ0) is 31.2. The summed E-state index contributed by atoms with van der Waals surface area (Å²) < 4.78 is 53.0. The van der Waals surface area contributed by atoms with Crippen molar-refractivity contribution >= 4 is 25.1 Å². The van der Waals surface area contributed by atoms with Crippen molar-refractivity contribution in [1.29, 1.82) is 0 Å². The molecule has 0 bridgehead atoms.